The lowest BCUT2D eigenvalue weighted by Gasteiger charge is -2.46. The van der Waals surface area contributed by atoms with Crippen LogP contribution in [0.4, 0.5) is 16.7 Å². The number of nitriles is 3. The molecule has 5 aromatic carbocycles. The number of amides is 3. The topological polar surface area (TPSA) is 241 Å². The fourth-order valence-corrected chi connectivity index (χ4v) is 14.8. The van der Waals surface area contributed by atoms with Gasteiger partial charge >= 0.3 is 12.2 Å². The molecule has 17 nitrogen and oxygen atoms in total. The normalized spacial score (nSPS) is 18.5. The van der Waals surface area contributed by atoms with Crippen molar-refractivity contribution >= 4 is 104 Å². The fourth-order valence-electron chi connectivity index (χ4n) is 12.3. The average molecular weight is 1270 g/mol. The van der Waals surface area contributed by atoms with E-state index in [0.29, 0.717) is 62.9 Å². The van der Waals surface area contributed by atoms with Gasteiger partial charge in [0, 0.05) is 46.3 Å². The molecule has 454 valence electrons. The third-order valence-electron chi connectivity index (χ3n) is 16.5. The molecular weight excluding hydrogens is 1210 g/mol. The molecule has 2 aliphatic carbocycles. The van der Waals surface area contributed by atoms with Crippen LogP contribution in [0, 0.1) is 44.8 Å². The number of para-hydroxylation sites is 4. The summed E-state index contributed by atoms with van der Waals surface area (Å²) in [5.41, 5.74) is 8.84. The molecule has 2 saturated heterocycles. The van der Waals surface area contributed by atoms with Crippen molar-refractivity contribution in [2.75, 3.05) is 36.8 Å². The predicted molar refractivity (Wildman–Crippen MR) is 352 cm³/mol. The molecule has 10 aromatic rings. The Labute approximate surface area is 538 Å². The van der Waals surface area contributed by atoms with Crippen molar-refractivity contribution in [2.45, 2.75) is 77.0 Å². The lowest BCUT2D eigenvalue weighted by molar-refractivity contribution is -0.191. The number of nitrogens with one attached hydrogen (secondary N) is 3. The van der Waals surface area contributed by atoms with E-state index >= 15 is 0 Å². The fraction of sp³-hybridized carbons (Fsp3) is 0.261. The summed E-state index contributed by atoms with van der Waals surface area (Å²) in [5, 5.41) is 38.4. The molecule has 0 bridgehead atoms. The Morgan fingerprint density at radius 3 is 1.44 bits per heavy atom. The van der Waals surface area contributed by atoms with Gasteiger partial charge in [0.15, 0.2) is 0 Å². The number of likely N-dealkylation sites (tertiary alicyclic amines) is 1. The molecule has 0 unspecified atom stereocenters. The summed E-state index contributed by atoms with van der Waals surface area (Å²) in [4.78, 5) is 71.2. The van der Waals surface area contributed by atoms with E-state index in [1.165, 1.54) is 39.5 Å². The Morgan fingerprint density at radius 1 is 0.589 bits per heavy atom. The molecule has 3 amide bonds. The smallest absolute Gasteiger partial charge is 0.410 e. The van der Waals surface area contributed by atoms with Crippen molar-refractivity contribution in [3.8, 4) is 49.5 Å². The summed E-state index contributed by atoms with van der Waals surface area (Å²) in [6, 6.07) is 57.0. The van der Waals surface area contributed by atoms with Crippen molar-refractivity contribution in [1.82, 2.24) is 29.3 Å². The van der Waals surface area contributed by atoms with Crippen molar-refractivity contribution in [1.29, 1.82) is 15.8 Å². The van der Waals surface area contributed by atoms with E-state index in [9.17, 15) is 14.4 Å². The Kier molecular flexibility index (Phi) is 19.4. The van der Waals surface area contributed by atoms with Crippen LogP contribution in [-0.4, -0.2) is 79.8 Å². The third-order valence-corrected chi connectivity index (χ3v) is 19.7. The highest BCUT2D eigenvalue weighted by Crippen LogP contribution is 2.56. The summed E-state index contributed by atoms with van der Waals surface area (Å²) in [6.07, 6.45) is 6.24. The van der Waals surface area contributed by atoms with Crippen molar-refractivity contribution in [3.63, 3.8) is 0 Å². The minimum absolute atomic E-state index is 0. The van der Waals surface area contributed by atoms with Crippen LogP contribution >= 0.6 is 46.4 Å². The number of hydrogen-bond acceptors (Lipinski definition) is 15. The number of imidazole rings is 2. The van der Waals surface area contributed by atoms with E-state index in [4.69, 9.17) is 40.1 Å². The van der Waals surface area contributed by atoms with E-state index in [0.717, 1.165) is 88.1 Å². The Morgan fingerprint density at radius 2 is 1.03 bits per heavy atom. The zero-order valence-corrected chi connectivity index (χ0v) is 52.7. The highest BCUT2D eigenvalue weighted by molar-refractivity contribution is 7.17. The Hall–Kier alpha value is -9.55. The number of fused-ring (bicyclic) bond motifs is 2. The van der Waals surface area contributed by atoms with Gasteiger partial charge in [-0.05, 0) is 190 Å². The molecule has 2 aliphatic heterocycles. The second-order valence-corrected chi connectivity index (χ2v) is 26.8. The molecule has 21 heteroatoms. The number of benzene rings is 5. The van der Waals surface area contributed by atoms with Gasteiger partial charge in [-0.2, -0.15) is 25.4 Å². The first-order valence-electron chi connectivity index (χ1n) is 29.1. The average Bonchev–Trinajstić information content (AvgIpc) is 1.56. The third kappa shape index (κ3) is 14.1. The van der Waals surface area contributed by atoms with Crippen molar-refractivity contribution in [2.24, 2.45) is 10.8 Å². The van der Waals surface area contributed by atoms with E-state index in [2.05, 4.69) is 55.4 Å². The number of rotatable bonds is 9. The van der Waals surface area contributed by atoms with Crippen molar-refractivity contribution in [3.05, 3.63) is 190 Å². The minimum atomic E-state index is -0.511. The van der Waals surface area contributed by atoms with E-state index in [1.807, 2.05) is 152 Å². The first-order valence-corrected chi connectivity index (χ1v) is 31.6. The molecule has 2 saturated carbocycles. The van der Waals surface area contributed by atoms with Gasteiger partial charge in [0.2, 0.25) is 11.9 Å². The maximum atomic E-state index is 13.3. The predicted octanol–water partition coefficient (Wildman–Crippen LogP) is 15.2. The maximum Gasteiger partial charge on any atom is 0.410 e. The quantitative estimate of drug-likeness (QED) is 0.122. The van der Waals surface area contributed by atoms with Crippen LogP contribution in [0.3, 0.4) is 0 Å². The van der Waals surface area contributed by atoms with Crippen LogP contribution < -0.4 is 16.0 Å². The van der Waals surface area contributed by atoms with Gasteiger partial charge in [-0.15, -0.1) is 46.4 Å². The highest BCUT2D eigenvalue weighted by Gasteiger charge is 2.52. The molecular formula is C69H62ClN11O6S3. The molecule has 0 atom stereocenters. The number of thiophene rings is 3. The molecule has 7 heterocycles. The van der Waals surface area contributed by atoms with Crippen LogP contribution in [0.25, 0.3) is 53.4 Å². The second-order valence-electron chi connectivity index (χ2n) is 23.7. The van der Waals surface area contributed by atoms with Gasteiger partial charge in [-0.1, -0.05) is 66.7 Å². The van der Waals surface area contributed by atoms with Gasteiger partial charge in [0.1, 0.15) is 5.60 Å². The minimum Gasteiger partial charge on any atom is -0.444 e. The SMILES string of the molecule is CC(C)(C)OC(=O)N1CCC2(CC(n3c(NC(=O)c4ccc(-c5ccc(C#N)cc5)s4)nc4ccccc43)C2)C1.Cl.N#Cc1ccc(-c2ccc(C(=O)Nc3nc4ccccc4n3C3CC4(CCNC4)C3)s2)cc1.N#Cc1ccc(-c2cccs2)cc1.O=C=O. The summed E-state index contributed by atoms with van der Waals surface area (Å²) < 4.78 is 9.98. The Bertz CT molecular complexity index is 4370. The zero-order valence-electron chi connectivity index (χ0n) is 49.5. The first-order chi connectivity index (χ1) is 43.1. The first kappa shape index (κ1) is 63.5. The molecule has 5 aromatic heterocycles. The molecule has 90 heavy (non-hydrogen) atoms. The van der Waals surface area contributed by atoms with Crippen LogP contribution in [0.1, 0.15) is 107 Å². The standard InChI is InChI=1S/C31H31N5O3S.C26H23N5OS.C11H7NS.CO2.ClH/c1-30(2,3)39-29(38)35-15-14-31(19-35)16-22(17-31)36-24-7-5-4-6-23(24)33-28(36)34-27(37)26-13-12-25(40-26)21-10-8-20(18-32)9-11-21;27-15-17-5-7-18(8-6-17)22-9-10-23(33-22)24(32)30-25-29-20-3-1-2-4-21(20)31(25)19-13-26(14-19)11-12-28-16-26;12-8-9-3-5-10(6-4-9)11-2-1-7-13-11;2-1-3;/h4-13,22H,14-17,19H2,1-3H3,(H,33,34,37);1-10,19,28H,11-14,16H2,(H,29,30,32);1-7H;;1H. The number of halogens is 1. The summed E-state index contributed by atoms with van der Waals surface area (Å²) in [5.74, 6) is 0.821. The number of carbonyl (C=O) groups excluding carboxylic acids is 5. The molecule has 2 spiro atoms. The molecule has 4 aliphatic rings. The zero-order chi connectivity index (χ0) is 62.3. The highest BCUT2D eigenvalue weighted by atomic mass is 35.5. The largest absolute Gasteiger partial charge is 0.444 e. The lowest BCUT2D eigenvalue weighted by Crippen LogP contribution is -2.43. The molecule has 14 rings (SSSR count). The number of anilines is 2. The van der Waals surface area contributed by atoms with E-state index < -0.39 is 5.60 Å². The number of aromatic nitrogens is 4. The maximum absolute atomic E-state index is 13.3. The van der Waals surface area contributed by atoms with Gasteiger partial charge < -0.3 is 24.1 Å². The number of carbonyl (C=O) groups is 3. The Balaban J connectivity index is 0.000000159. The number of nitrogens with zero attached hydrogens (tertiary/aromatic N) is 8. The second kappa shape index (κ2) is 27.5. The van der Waals surface area contributed by atoms with Gasteiger partial charge in [0.25, 0.3) is 11.8 Å². The number of ether oxygens (including phenoxy) is 1. The van der Waals surface area contributed by atoms with Crippen LogP contribution in [0.2, 0.25) is 0 Å². The summed E-state index contributed by atoms with van der Waals surface area (Å²) in [7, 11) is 0. The van der Waals surface area contributed by atoms with Crippen LogP contribution in [-0.2, 0) is 14.3 Å². The number of hydrogen-bond donors (Lipinski definition) is 3. The van der Waals surface area contributed by atoms with Gasteiger partial charge in [0.05, 0.1) is 66.7 Å². The lowest BCUT2D eigenvalue weighted by atomic mass is 9.65. The summed E-state index contributed by atoms with van der Waals surface area (Å²) >= 11 is 4.56. The molecule has 3 N–H and O–H groups in total. The molecule has 0 radical (unpaired) electrons. The monoisotopic (exact) mass is 1270 g/mol. The van der Waals surface area contributed by atoms with Crippen LogP contribution in [0.5, 0.6) is 0 Å². The van der Waals surface area contributed by atoms with Gasteiger partial charge in [-0.25, -0.2) is 14.8 Å². The van der Waals surface area contributed by atoms with Crippen LogP contribution in [0.15, 0.2) is 163 Å². The van der Waals surface area contributed by atoms with Crippen molar-refractivity contribution < 1.29 is 28.7 Å². The van der Waals surface area contributed by atoms with E-state index in [1.54, 1.807) is 35.6 Å². The summed E-state index contributed by atoms with van der Waals surface area (Å²) in [6.45, 7) is 9.25. The van der Waals surface area contributed by atoms with E-state index in [-0.39, 0.29) is 47.9 Å². The molecule has 4 fully saturated rings. The van der Waals surface area contributed by atoms with Gasteiger partial charge in [-0.3, -0.25) is 20.2 Å².